The highest BCUT2D eigenvalue weighted by Crippen LogP contribution is 2.59. The second-order valence-corrected chi connectivity index (χ2v) is 7.56. The number of halogens is 3. The Morgan fingerprint density at radius 1 is 0.962 bits per heavy atom. The van der Waals surface area contributed by atoms with Crippen LogP contribution in [0.3, 0.4) is 0 Å². The predicted octanol–water partition coefficient (Wildman–Crippen LogP) is 3.92. The number of alkyl halides is 3. The molecule has 7 heteroatoms. The summed E-state index contributed by atoms with van der Waals surface area (Å²) in [4.78, 5) is 26.2. The van der Waals surface area contributed by atoms with Gasteiger partial charge in [0.2, 0.25) is 0 Å². The zero-order chi connectivity index (χ0) is 18.7. The molecular formula is C19H13F3O3S. The first-order valence-corrected chi connectivity index (χ1v) is 8.98. The molecule has 0 amide bonds. The molecule has 0 unspecified atom stereocenters. The topological polar surface area (TPSA) is 54.4 Å². The highest BCUT2D eigenvalue weighted by Gasteiger charge is 2.65. The Hall–Kier alpha value is -2.12. The van der Waals surface area contributed by atoms with E-state index >= 15 is 0 Å². The monoisotopic (exact) mass is 378 g/mol. The van der Waals surface area contributed by atoms with E-state index in [0.717, 1.165) is 12.1 Å². The maximum absolute atomic E-state index is 13.1. The fourth-order valence-corrected chi connectivity index (χ4v) is 5.42. The number of aliphatic hydroxyl groups excluding tert-OH is 1. The molecule has 0 radical (unpaired) electrons. The van der Waals surface area contributed by atoms with E-state index in [1.165, 1.54) is 23.9 Å². The fourth-order valence-electron chi connectivity index (χ4n) is 3.80. The Morgan fingerprint density at radius 3 is 2.00 bits per heavy atom. The Kier molecular flexibility index (Phi) is 3.79. The second kappa shape index (κ2) is 5.69. The van der Waals surface area contributed by atoms with Gasteiger partial charge >= 0.3 is 6.18 Å². The van der Waals surface area contributed by atoms with Gasteiger partial charge in [0.05, 0.1) is 16.9 Å². The Labute approximate surface area is 151 Å². The molecule has 1 aliphatic carbocycles. The molecule has 1 spiro atoms. The van der Waals surface area contributed by atoms with Gasteiger partial charge in [0, 0.05) is 16.9 Å². The van der Waals surface area contributed by atoms with Crippen molar-refractivity contribution in [2.24, 2.45) is 5.41 Å². The number of Topliss-reactive ketones (excluding diaryl/α,β-unsaturated/α-hetero) is 2. The number of hydrogen-bond donors (Lipinski definition) is 1. The van der Waals surface area contributed by atoms with Crippen LogP contribution in [0.2, 0.25) is 0 Å². The predicted molar refractivity (Wildman–Crippen MR) is 90.2 cm³/mol. The van der Waals surface area contributed by atoms with Gasteiger partial charge in [0.25, 0.3) is 0 Å². The third kappa shape index (κ3) is 2.20. The van der Waals surface area contributed by atoms with Crippen molar-refractivity contribution in [3.8, 4) is 0 Å². The first-order valence-electron chi connectivity index (χ1n) is 7.93. The molecule has 1 saturated heterocycles. The molecule has 0 saturated carbocycles. The van der Waals surface area contributed by atoms with E-state index in [1.54, 1.807) is 24.3 Å². The van der Waals surface area contributed by atoms with Gasteiger partial charge in [0.15, 0.2) is 11.6 Å². The van der Waals surface area contributed by atoms with E-state index in [2.05, 4.69) is 0 Å². The maximum Gasteiger partial charge on any atom is 0.416 e. The van der Waals surface area contributed by atoms with Crippen LogP contribution < -0.4 is 0 Å². The number of fused-ring (bicyclic) bond motifs is 1. The smallest absolute Gasteiger partial charge is 0.391 e. The average molecular weight is 378 g/mol. The lowest BCUT2D eigenvalue weighted by Crippen LogP contribution is -2.45. The van der Waals surface area contributed by atoms with E-state index in [9.17, 15) is 27.9 Å². The van der Waals surface area contributed by atoms with Gasteiger partial charge in [-0.2, -0.15) is 13.2 Å². The molecule has 2 atom stereocenters. The van der Waals surface area contributed by atoms with E-state index in [1.807, 2.05) is 0 Å². The lowest BCUT2D eigenvalue weighted by atomic mass is 9.73. The molecular weight excluding hydrogens is 365 g/mol. The van der Waals surface area contributed by atoms with Crippen LogP contribution in [0.5, 0.6) is 0 Å². The van der Waals surface area contributed by atoms with Crippen molar-refractivity contribution in [3.05, 3.63) is 70.8 Å². The van der Waals surface area contributed by atoms with Gasteiger partial charge in [-0.3, -0.25) is 9.59 Å². The molecule has 2 aliphatic rings. The second-order valence-electron chi connectivity index (χ2n) is 6.42. The standard InChI is InChI=1S/C19H13F3O3S/c20-19(21,22)11-7-5-10(6-8-11)17-18(14(23)9-26-17)15(24)12-3-1-2-4-13(12)16(18)25/h1-8,14,17,23H,9H2/t14-,17-/m0/s1. The molecule has 26 heavy (non-hydrogen) atoms. The molecule has 1 heterocycles. The summed E-state index contributed by atoms with van der Waals surface area (Å²) < 4.78 is 38.4. The van der Waals surface area contributed by atoms with Crippen molar-refractivity contribution in [1.82, 2.24) is 0 Å². The van der Waals surface area contributed by atoms with Crippen molar-refractivity contribution in [2.45, 2.75) is 17.5 Å². The minimum Gasteiger partial charge on any atom is -0.391 e. The normalized spacial score (nSPS) is 24.3. The fraction of sp³-hybridized carbons (Fsp3) is 0.263. The first kappa shape index (κ1) is 17.3. The number of benzene rings is 2. The molecule has 4 rings (SSSR count). The summed E-state index contributed by atoms with van der Waals surface area (Å²) in [6.07, 6.45) is -5.65. The highest BCUT2D eigenvalue weighted by molar-refractivity contribution is 8.00. The first-order chi connectivity index (χ1) is 12.3. The SMILES string of the molecule is O=C1c2ccccc2C(=O)C12[C@@H](O)CS[C@H]2c1ccc(C(F)(F)F)cc1. The summed E-state index contributed by atoms with van der Waals surface area (Å²) >= 11 is 1.22. The van der Waals surface area contributed by atoms with Crippen molar-refractivity contribution >= 4 is 23.3 Å². The van der Waals surface area contributed by atoms with Crippen LogP contribution in [0.15, 0.2) is 48.5 Å². The molecule has 1 aliphatic heterocycles. The Morgan fingerprint density at radius 2 is 1.50 bits per heavy atom. The van der Waals surface area contributed by atoms with Gasteiger partial charge < -0.3 is 5.11 Å². The molecule has 134 valence electrons. The van der Waals surface area contributed by atoms with Crippen LogP contribution in [0.25, 0.3) is 0 Å². The van der Waals surface area contributed by atoms with Gasteiger partial charge in [-0.05, 0) is 17.7 Å². The van der Waals surface area contributed by atoms with Crippen molar-refractivity contribution in [3.63, 3.8) is 0 Å². The number of aliphatic hydroxyl groups is 1. The zero-order valence-corrected chi connectivity index (χ0v) is 14.1. The lowest BCUT2D eigenvalue weighted by molar-refractivity contribution is -0.137. The molecule has 0 aromatic heterocycles. The van der Waals surface area contributed by atoms with Crippen molar-refractivity contribution < 1.29 is 27.9 Å². The molecule has 1 N–H and O–H groups in total. The largest absolute Gasteiger partial charge is 0.416 e. The van der Waals surface area contributed by atoms with E-state index in [-0.39, 0.29) is 16.9 Å². The summed E-state index contributed by atoms with van der Waals surface area (Å²) in [5.41, 5.74) is -1.53. The van der Waals surface area contributed by atoms with E-state index < -0.39 is 40.1 Å². The molecule has 0 bridgehead atoms. The number of carbonyl (C=O) groups excluding carboxylic acids is 2. The van der Waals surface area contributed by atoms with Crippen molar-refractivity contribution in [1.29, 1.82) is 0 Å². The van der Waals surface area contributed by atoms with Crippen LogP contribution >= 0.6 is 11.8 Å². The summed E-state index contributed by atoms with van der Waals surface area (Å²) in [6, 6.07) is 10.8. The van der Waals surface area contributed by atoms with Crippen molar-refractivity contribution in [2.75, 3.05) is 5.75 Å². The number of hydrogen-bond acceptors (Lipinski definition) is 4. The van der Waals surface area contributed by atoms with Crippen LogP contribution in [-0.2, 0) is 6.18 Å². The minimum atomic E-state index is -4.46. The lowest BCUT2D eigenvalue weighted by Gasteiger charge is -2.30. The molecule has 1 fully saturated rings. The zero-order valence-electron chi connectivity index (χ0n) is 13.3. The highest BCUT2D eigenvalue weighted by atomic mass is 32.2. The minimum absolute atomic E-state index is 0.164. The summed E-state index contributed by atoms with van der Waals surface area (Å²) in [6.45, 7) is 0. The van der Waals surface area contributed by atoms with Gasteiger partial charge in [0.1, 0.15) is 5.41 Å². The quantitative estimate of drug-likeness (QED) is 0.765. The van der Waals surface area contributed by atoms with Crippen LogP contribution in [0, 0.1) is 5.41 Å². The number of rotatable bonds is 1. The number of ketones is 2. The van der Waals surface area contributed by atoms with Crippen LogP contribution in [-0.4, -0.2) is 28.5 Å². The van der Waals surface area contributed by atoms with Crippen LogP contribution in [0.4, 0.5) is 13.2 Å². The van der Waals surface area contributed by atoms with Gasteiger partial charge in [-0.25, -0.2) is 0 Å². The summed E-state index contributed by atoms with van der Waals surface area (Å²) in [7, 11) is 0. The Bertz CT molecular complexity index is 870. The number of thioether (sulfide) groups is 1. The van der Waals surface area contributed by atoms with Gasteiger partial charge in [-0.1, -0.05) is 36.4 Å². The summed E-state index contributed by atoms with van der Waals surface area (Å²) in [5, 5.41) is 9.84. The number of carbonyl (C=O) groups is 2. The average Bonchev–Trinajstić information content (AvgIpc) is 3.07. The molecule has 2 aromatic carbocycles. The Balaban J connectivity index is 1.81. The van der Waals surface area contributed by atoms with Gasteiger partial charge in [-0.15, -0.1) is 11.8 Å². The van der Waals surface area contributed by atoms with E-state index in [0.29, 0.717) is 5.56 Å². The summed E-state index contributed by atoms with van der Waals surface area (Å²) in [5.74, 6) is -0.752. The third-order valence-corrected chi connectivity index (χ3v) is 6.55. The molecule has 2 aromatic rings. The van der Waals surface area contributed by atoms with Crippen LogP contribution in [0.1, 0.15) is 37.1 Å². The third-order valence-electron chi connectivity index (χ3n) is 5.07. The van der Waals surface area contributed by atoms with E-state index in [4.69, 9.17) is 0 Å². The molecule has 3 nitrogen and oxygen atoms in total. The maximum atomic E-state index is 13.1.